The molecule has 2 amide bonds. The van der Waals surface area contributed by atoms with Gasteiger partial charge in [-0.15, -0.1) is 0 Å². The van der Waals surface area contributed by atoms with Crippen molar-refractivity contribution < 1.29 is 36.3 Å². The van der Waals surface area contributed by atoms with Crippen LogP contribution in [0.5, 0.6) is 5.75 Å². The number of rotatable bonds is 5. The first-order valence-electron chi connectivity index (χ1n) is 7.80. The summed E-state index contributed by atoms with van der Waals surface area (Å²) >= 11 is 0. The Morgan fingerprint density at radius 2 is 1.46 bits per heavy atom. The molecule has 11 heteroatoms. The van der Waals surface area contributed by atoms with E-state index in [0.29, 0.717) is 5.75 Å². The molecule has 1 heterocycles. The Labute approximate surface area is 154 Å². The molecular weight excluding hydrogens is 389 g/mol. The first-order valence-corrected chi connectivity index (χ1v) is 7.80. The van der Waals surface area contributed by atoms with Crippen LogP contribution in [-0.4, -0.2) is 25.0 Å². The zero-order valence-electron chi connectivity index (χ0n) is 14.2. The minimum absolute atomic E-state index is 0.233. The number of halogens is 5. The van der Waals surface area contributed by atoms with Gasteiger partial charge in [0.15, 0.2) is 23.3 Å². The van der Waals surface area contributed by atoms with Gasteiger partial charge in [-0.2, -0.15) is 0 Å². The third kappa shape index (κ3) is 3.24. The van der Waals surface area contributed by atoms with Crippen molar-refractivity contribution in [3.8, 4) is 5.75 Å². The molecule has 0 unspecified atom stereocenters. The largest absolute Gasteiger partial charge is 0.497 e. The van der Waals surface area contributed by atoms with Crippen LogP contribution in [0.1, 0.15) is 6.42 Å². The van der Waals surface area contributed by atoms with E-state index in [1.165, 1.54) is 31.4 Å². The summed E-state index contributed by atoms with van der Waals surface area (Å²) in [6.07, 6.45) is -0.396. The zero-order chi connectivity index (χ0) is 20.6. The maximum Gasteiger partial charge on any atom is 0.253 e. The van der Waals surface area contributed by atoms with Crippen LogP contribution in [0.3, 0.4) is 0 Å². The number of methoxy groups -OCH3 is 1. The van der Waals surface area contributed by atoms with E-state index in [2.05, 4.69) is 5.43 Å². The van der Waals surface area contributed by atoms with Crippen molar-refractivity contribution in [2.75, 3.05) is 17.4 Å². The number of anilines is 2. The number of imide groups is 1. The smallest absolute Gasteiger partial charge is 0.253 e. The second-order valence-corrected chi connectivity index (χ2v) is 5.74. The molecule has 28 heavy (non-hydrogen) atoms. The van der Waals surface area contributed by atoms with E-state index in [1.807, 2.05) is 0 Å². The summed E-state index contributed by atoms with van der Waals surface area (Å²) in [6.45, 7) is 0. The summed E-state index contributed by atoms with van der Waals surface area (Å²) in [5.41, 5.74) is 2.81. The van der Waals surface area contributed by atoms with Gasteiger partial charge in [0.1, 0.15) is 17.5 Å². The molecule has 0 saturated carbocycles. The van der Waals surface area contributed by atoms with E-state index in [9.17, 15) is 31.5 Å². The summed E-state index contributed by atoms with van der Waals surface area (Å²) in [5, 5.41) is 0. The molecule has 1 aliphatic rings. The van der Waals surface area contributed by atoms with Gasteiger partial charge >= 0.3 is 0 Å². The highest BCUT2D eigenvalue weighted by Crippen LogP contribution is 2.28. The summed E-state index contributed by atoms with van der Waals surface area (Å²) in [7, 11) is 1.44. The molecule has 2 aromatic carbocycles. The fourth-order valence-corrected chi connectivity index (χ4v) is 2.62. The quantitative estimate of drug-likeness (QED) is 0.265. The van der Waals surface area contributed by atoms with Crippen LogP contribution >= 0.6 is 0 Å². The molecule has 0 bridgehead atoms. The first-order chi connectivity index (χ1) is 13.3. The summed E-state index contributed by atoms with van der Waals surface area (Å²) in [4.78, 5) is 25.4. The van der Waals surface area contributed by atoms with Gasteiger partial charge in [0.25, 0.3) is 5.91 Å². The van der Waals surface area contributed by atoms with Gasteiger partial charge < -0.3 is 10.2 Å². The summed E-state index contributed by atoms with van der Waals surface area (Å²) in [5.74, 6) is -11.7. The SMILES string of the molecule is COc1ccc(N2C(=O)C[C@H](NNc3c(F)c(F)c(F)c(F)c3F)C2=O)cc1. The molecule has 2 N–H and O–H groups in total. The topological polar surface area (TPSA) is 70.7 Å². The lowest BCUT2D eigenvalue weighted by molar-refractivity contribution is -0.121. The van der Waals surface area contributed by atoms with E-state index < -0.39 is 59.1 Å². The Morgan fingerprint density at radius 3 is 2.00 bits per heavy atom. The number of amides is 2. The van der Waals surface area contributed by atoms with Crippen LogP contribution < -0.4 is 20.5 Å². The summed E-state index contributed by atoms with van der Waals surface area (Å²) in [6, 6.07) is 4.65. The van der Waals surface area contributed by atoms with Gasteiger partial charge in [0.2, 0.25) is 11.7 Å². The highest BCUT2D eigenvalue weighted by molar-refractivity contribution is 6.22. The zero-order valence-corrected chi connectivity index (χ0v) is 14.2. The van der Waals surface area contributed by atoms with Crippen LogP contribution in [-0.2, 0) is 9.59 Å². The lowest BCUT2D eigenvalue weighted by Crippen LogP contribution is -2.42. The van der Waals surface area contributed by atoms with E-state index >= 15 is 0 Å². The van der Waals surface area contributed by atoms with Crippen molar-refractivity contribution in [2.45, 2.75) is 12.5 Å². The number of hydrogen-bond donors (Lipinski definition) is 2. The minimum atomic E-state index is -2.31. The number of nitrogens with one attached hydrogen (secondary N) is 2. The van der Waals surface area contributed by atoms with Crippen molar-refractivity contribution in [1.29, 1.82) is 0 Å². The fourth-order valence-electron chi connectivity index (χ4n) is 2.62. The predicted octanol–water partition coefficient (Wildman–Crippen LogP) is 2.64. The number of benzene rings is 2. The molecule has 0 aliphatic carbocycles. The molecule has 0 spiro atoms. The van der Waals surface area contributed by atoms with Gasteiger partial charge in [-0.1, -0.05) is 0 Å². The monoisotopic (exact) mass is 401 g/mol. The van der Waals surface area contributed by atoms with E-state index in [1.54, 1.807) is 5.43 Å². The van der Waals surface area contributed by atoms with Gasteiger partial charge in [-0.25, -0.2) is 32.3 Å². The molecule has 3 rings (SSSR count). The molecule has 0 aromatic heterocycles. The highest BCUT2D eigenvalue weighted by atomic mass is 19.2. The Kier molecular flexibility index (Phi) is 5.18. The van der Waals surface area contributed by atoms with E-state index in [0.717, 1.165) is 4.90 Å². The Morgan fingerprint density at radius 1 is 0.929 bits per heavy atom. The predicted molar refractivity (Wildman–Crippen MR) is 86.9 cm³/mol. The second-order valence-electron chi connectivity index (χ2n) is 5.74. The third-order valence-corrected chi connectivity index (χ3v) is 4.06. The molecule has 2 aromatic rings. The van der Waals surface area contributed by atoms with Gasteiger partial charge in [0.05, 0.1) is 19.2 Å². The maximum atomic E-state index is 13.7. The number of carbonyl (C=O) groups excluding carboxylic acids is 2. The van der Waals surface area contributed by atoms with Crippen molar-refractivity contribution in [1.82, 2.24) is 5.43 Å². The first kappa shape index (κ1) is 19.5. The second kappa shape index (κ2) is 7.43. The molecule has 0 radical (unpaired) electrons. The van der Waals surface area contributed by atoms with Gasteiger partial charge in [0, 0.05) is 0 Å². The number of hydrogen-bond acceptors (Lipinski definition) is 5. The van der Waals surface area contributed by atoms with Crippen molar-refractivity contribution >= 4 is 23.2 Å². The normalized spacial score (nSPS) is 16.6. The number of hydrazine groups is 1. The van der Waals surface area contributed by atoms with Crippen molar-refractivity contribution in [2.24, 2.45) is 0 Å². The van der Waals surface area contributed by atoms with Crippen LogP contribution in [0.25, 0.3) is 0 Å². The van der Waals surface area contributed by atoms with Crippen LogP contribution in [0.15, 0.2) is 24.3 Å². The molecule has 6 nitrogen and oxygen atoms in total. The minimum Gasteiger partial charge on any atom is -0.497 e. The molecular formula is C17H12F5N3O3. The van der Waals surface area contributed by atoms with Gasteiger partial charge in [-0.05, 0) is 24.3 Å². The molecule has 1 aliphatic heterocycles. The van der Waals surface area contributed by atoms with Crippen LogP contribution in [0, 0.1) is 29.1 Å². The standard InChI is InChI=1S/C17H12F5N3O3/c1-28-8-4-2-7(3-5-8)25-10(26)6-9(17(25)27)23-24-16-14(21)12(19)11(18)13(20)15(16)22/h2-5,9,23-24H,6H2,1H3/t9-/m0/s1. The Hall–Kier alpha value is -3.21. The Bertz CT molecular complexity index is 923. The Balaban J connectivity index is 1.78. The molecule has 148 valence electrons. The van der Waals surface area contributed by atoms with Crippen molar-refractivity contribution in [3.63, 3.8) is 0 Å². The number of nitrogens with zero attached hydrogens (tertiary/aromatic N) is 1. The highest BCUT2D eigenvalue weighted by Gasteiger charge is 2.40. The maximum absolute atomic E-state index is 13.7. The number of ether oxygens (including phenoxy) is 1. The lowest BCUT2D eigenvalue weighted by Gasteiger charge is -2.17. The summed E-state index contributed by atoms with van der Waals surface area (Å²) < 4.78 is 71.8. The lowest BCUT2D eigenvalue weighted by atomic mass is 10.2. The van der Waals surface area contributed by atoms with Crippen LogP contribution in [0.2, 0.25) is 0 Å². The molecule has 1 saturated heterocycles. The van der Waals surface area contributed by atoms with E-state index in [4.69, 9.17) is 4.74 Å². The average molecular weight is 401 g/mol. The van der Waals surface area contributed by atoms with Crippen molar-refractivity contribution in [3.05, 3.63) is 53.4 Å². The van der Waals surface area contributed by atoms with Gasteiger partial charge in [-0.3, -0.25) is 9.59 Å². The van der Waals surface area contributed by atoms with Crippen LogP contribution in [0.4, 0.5) is 33.3 Å². The average Bonchev–Trinajstić information content (AvgIpc) is 2.98. The number of carbonyl (C=O) groups is 2. The third-order valence-electron chi connectivity index (χ3n) is 4.06. The molecule has 1 fully saturated rings. The van der Waals surface area contributed by atoms with E-state index in [-0.39, 0.29) is 5.69 Å². The molecule has 1 atom stereocenters. The fraction of sp³-hybridized carbons (Fsp3) is 0.176.